The Morgan fingerprint density at radius 2 is 1.39 bits per heavy atom. The lowest BCUT2D eigenvalue weighted by molar-refractivity contribution is -0.769. The van der Waals surface area contributed by atoms with E-state index >= 15 is 0 Å². The molecule has 3 rings (SSSR count). The molecule has 1 nitrogen and oxygen atoms in total. The molecule has 2 aromatic rings. The normalized spacial score (nSPS) is 20.3. The fourth-order valence-electron chi connectivity index (χ4n) is 7.59. The summed E-state index contributed by atoms with van der Waals surface area (Å²) in [5, 5.41) is 1.63. The van der Waals surface area contributed by atoms with Crippen LogP contribution in [-0.2, 0) is 11.0 Å². The monoisotopic (exact) mass is 439 g/mol. The number of hydrogen-bond donors (Lipinski definition) is 0. The zero-order valence-corrected chi connectivity index (χ0v) is 22.7. The van der Waals surface area contributed by atoms with Crippen LogP contribution in [-0.4, -0.2) is 17.0 Å². The summed E-state index contributed by atoms with van der Waals surface area (Å²) in [6, 6.07) is 14.5. The van der Waals surface area contributed by atoms with E-state index in [2.05, 4.69) is 116 Å². The van der Waals surface area contributed by atoms with Crippen molar-refractivity contribution in [2.45, 2.75) is 116 Å². The highest BCUT2D eigenvalue weighted by atomic mass is 31.2. The maximum absolute atomic E-state index is 2.64. The lowest BCUT2D eigenvalue weighted by Gasteiger charge is -2.48. The summed E-state index contributed by atoms with van der Waals surface area (Å²) in [5.41, 5.74) is 6.77. The average molecular weight is 440 g/mol. The second-order valence-corrected chi connectivity index (χ2v) is 16.0. The van der Waals surface area contributed by atoms with Gasteiger partial charge in [0.15, 0.2) is 11.7 Å². The highest BCUT2D eigenvalue weighted by Crippen LogP contribution is 2.69. The van der Waals surface area contributed by atoms with E-state index < -0.39 is 7.26 Å². The molecule has 1 aliphatic rings. The number of nitrogens with zero attached hydrogens (tertiary/aromatic N) is 1. The standard InChI is InChI=1S/C29H46NP/c1-11-28(10)26-18-17-24(31(21(4)5,22(6)7)23(8)9)20-25(26)27-16-14-15-19-30(27)29(28,12-2)13-3/h14-23H,11-13H2,1-10H3/q+2. The number of fused-ring (bicyclic) bond motifs is 3. The Bertz CT molecular complexity index is 900. The lowest BCUT2D eigenvalue weighted by Crippen LogP contribution is -2.68. The summed E-state index contributed by atoms with van der Waals surface area (Å²) in [4.78, 5) is 0. The van der Waals surface area contributed by atoms with Crippen molar-refractivity contribution in [3.8, 4) is 11.3 Å². The molecule has 0 saturated carbocycles. The molecule has 0 aliphatic carbocycles. The van der Waals surface area contributed by atoms with Crippen molar-refractivity contribution in [2.75, 3.05) is 0 Å². The molecule has 0 bridgehead atoms. The molecule has 1 atom stereocenters. The molecule has 0 fully saturated rings. The van der Waals surface area contributed by atoms with Gasteiger partial charge in [0.1, 0.15) is 0 Å². The first-order chi connectivity index (χ1) is 14.6. The fourth-order valence-corrected chi connectivity index (χ4v) is 13.6. The Labute approximate surface area is 193 Å². The van der Waals surface area contributed by atoms with Gasteiger partial charge < -0.3 is 0 Å². The fraction of sp³-hybridized carbons (Fsp3) is 0.621. The van der Waals surface area contributed by atoms with Crippen LogP contribution < -0.4 is 9.87 Å². The van der Waals surface area contributed by atoms with E-state index in [0.29, 0.717) is 17.0 Å². The van der Waals surface area contributed by atoms with Crippen molar-refractivity contribution in [1.29, 1.82) is 0 Å². The SMILES string of the molecule is CCC1(C)c2ccc([P+](C(C)C)(C(C)C)C(C)C)cc2-c2cccc[n+]2C1(CC)CC. The van der Waals surface area contributed by atoms with Gasteiger partial charge in [0.2, 0.25) is 5.69 Å². The van der Waals surface area contributed by atoms with Crippen LogP contribution in [0.3, 0.4) is 0 Å². The van der Waals surface area contributed by atoms with Crippen LogP contribution in [0.1, 0.15) is 94.1 Å². The van der Waals surface area contributed by atoms with E-state index in [1.54, 1.807) is 10.9 Å². The van der Waals surface area contributed by atoms with Gasteiger partial charge >= 0.3 is 0 Å². The van der Waals surface area contributed by atoms with Crippen LogP contribution in [0.25, 0.3) is 11.3 Å². The lowest BCUT2D eigenvalue weighted by atomic mass is 9.59. The highest BCUT2D eigenvalue weighted by molar-refractivity contribution is 7.84. The van der Waals surface area contributed by atoms with Crippen LogP contribution in [0, 0.1) is 0 Å². The van der Waals surface area contributed by atoms with Gasteiger partial charge in [-0.1, -0.05) is 26.8 Å². The number of rotatable bonds is 7. The molecular formula is C29H46NP+2. The highest BCUT2D eigenvalue weighted by Gasteiger charge is 2.59. The van der Waals surface area contributed by atoms with Gasteiger partial charge in [-0.25, -0.2) is 0 Å². The third kappa shape index (κ3) is 3.17. The average Bonchev–Trinajstić information content (AvgIpc) is 2.74. The Hall–Kier alpha value is -1.20. The van der Waals surface area contributed by atoms with E-state index in [0.717, 1.165) is 19.3 Å². The summed E-state index contributed by atoms with van der Waals surface area (Å²) in [6.07, 6.45) is 5.80. The molecule has 0 saturated heterocycles. The molecule has 1 unspecified atom stereocenters. The van der Waals surface area contributed by atoms with E-state index in [4.69, 9.17) is 0 Å². The van der Waals surface area contributed by atoms with Gasteiger partial charge in [-0.05, 0) is 78.6 Å². The molecule has 2 heteroatoms. The number of aromatic nitrogens is 1. The zero-order valence-electron chi connectivity index (χ0n) is 21.8. The van der Waals surface area contributed by atoms with E-state index in [1.807, 2.05) is 0 Å². The van der Waals surface area contributed by atoms with Crippen LogP contribution >= 0.6 is 7.26 Å². The number of benzene rings is 1. The Morgan fingerprint density at radius 3 is 1.87 bits per heavy atom. The van der Waals surface area contributed by atoms with E-state index in [-0.39, 0.29) is 11.0 Å². The van der Waals surface area contributed by atoms with Crippen molar-refractivity contribution in [3.63, 3.8) is 0 Å². The van der Waals surface area contributed by atoms with Gasteiger partial charge in [-0.3, -0.25) is 0 Å². The minimum absolute atomic E-state index is 0.118. The molecule has 0 spiro atoms. The van der Waals surface area contributed by atoms with Crippen LogP contribution in [0.5, 0.6) is 0 Å². The topological polar surface area (TPSA) is 3.88 Å². The van der Waals surface area contributed by atoms with Crippen molar-refractivity contribution in [2.24, 2.45) is 0 Å². The second-order valence-electron chi connectivity index (χ2n) is 10.7. The number of hydrogen-bond acceptors (Lipinski definition) is 0. The smallest absolute Gasteiger partial charge is 0.192 e. The summed E-state index contributed by atoms with van der Waals surface area (Å²) in [7, 11) is -1.33. The minimum atomic E-state index is -1.33. The van der Waals surface area contributed by atoms with Crippen LogP contribution in [0.2, 0.25) is 0 Å². The third-order valence-electron chi connectivity index (χ3n) is 9.11. The first-order valence-electron chi connectivity index (χ1n) is 12.6. The van der Waals surface area contributed by atoms with E-state index in [9.17, 15) is 0 Å². The molecule has 2 heterocycles. The van der Waals surface area contributed by atoms with Crippen LogP contribution in [0.4, 0.5) is 0 Å². The summed E-state index contributed by atoms with van der Waals surface area (Å²) in [6.45, 7) is 24.5. The second kappa shape index (κ2) is 8.62. The molecule has 0 radical (unpaired) electrons. The van der Waals surface area contributed by atoms with Crippen molar-refractivity contribution in [1.82, 2.24) is 0 Å². The third-order valence-corrected chi connectivity index (χ3v) is 15.4. The molecule has 0 N–H and O–H groups in total. The zero-order chi connectivity index (χ0) is 23.2. The summed E-state index contributed by atoms with van der Waals surface area (Å²) in [5.74, 6) is 0. The first-order valence-corrected chi connectivity index (χ1v) is 14.6. The maximum Gasteiger partial charge on any atom is 0.213 e. The Kier molecular flexibility index (Phi) is 6.80. The van der Waals surface area contributed by atoms with Crippen molar-refractivity contribution >= 4 is 12.6 Å². The minimum Gasteiger partial charge on any atom is -0.192 e. The maximum atomic E-state index is 2.64. The molecule has 170 valence electrons. The quantitative estimate of drug-likeness (QED) is 0.307. The largest absolute Gasteiger partial charge is 0.213 e. The molecule has 1 aliphatic heterocycles. The van der Waals surface area contributed by atoms with Gasteiger partial charge in [0.25, 0.3) is 0 Å². The van der Waals surface area contributed by atoms with Crippen LogP contribution in [0.15, 0.2) is 42.6 Å². The molecular weight excluding hydrogens is 393 g/mol. The molecule has 1 aromatic carbocycles. The first kappa shape index (κ1) is 24.4. The Balaban J connectivity index is 2.41. The van der Waals surface area contributed by atoms with Crippen molar-refractivity contribution < 1.29 is 4.57 Å². The van der Waals surface area contributed by atoms with Gasteiger partial charge in [0, 0.05) is 25.0 Å². The van der Waals surface area contributed by atoms with Gasteiger partial charge in [0.05, 0.1) is 40.5 Å². The molecule has 31 heavy (non-hydrogen) atoms. The van der Waals surface area contributed by atoms with Gasteiger partial charge in [-0.2, -0.15) is 4.57 Å². The van der Waals surface area contributed by atoms with E-state index in [1.165, 1.54) is 11.3 Å². The summed E-state index contributed by atoms with van der Waals surface area (Å²) < 4.78 is 2.64. The predicted octanol–water partition coefficient (Wildman–Crippen LogP) is 7.71. The van der Waals surface area contributed by atoms with Crippen molar-refractivity contribution in [3.05, 3.63) is 48.2 Å². The van der Waals surface area contributed by atoms with Gasteiger partial charge in [-0.15, -0.1) is 0 Å². The molecule has 0 amide bonds. The molecule has 1 aromatic heterocycles. The number of pyridine rings is 1. The predicted molar refractivity (Wildman–Crippen MR) is 140 cm³/mol. The Morgan fingerprint density at radius 1 is 0.806 bits per heavy atom. The summed E-state index contributed by atoms with van der Waals surface area (Å²) >= 11 is 0.